The third-order valence-corrected chi connectivity index (χ3v) is 5.70. The highest BCUT2D eigenvalue weighted by molar-refractivity contribution is 5.93. The van der Waals surface area contributed by atoms with Crippen molar-refractivity contribution in [1.82, 2.24) is 9.80 Å². The molecule has 2 aliphatic heterocycles. The molecule has 2 fully saturated rings. The highest BCUT2D eigenvalue weighted by Crippen LogP contribution is 2.41. The standard InChI is InChI=1S/C21H24N2O4/c1-15-6-7-18(27-15)19(24)23-11-9-21(14-23)8-10-22(20(21)25)13-16-4-3-5-17(12-16)26-2/h3-7,12H,8-11,13-14H2,1-2H3/t21-/m1/s1. The first kappa shape index (κ1) is 17.6. The lowest BCUT2D eigenvalue weighted by molar-refractivity contribution is -0.135. The molecule has 0 radical (unpaired) electrons. The maximum Gasteiger partial charge on any atom is 0.289 e. The summed E-state index contributed by atoms with van der Waals surface area (Å²) in [6.07, 6.45) is 1.50. The van der Waals surface area contributed by atoms with Gasteiger partial charge in [0.05, 0.1) is 12.5 Å². The van der Waals surface area contributed by atoms with Crippen molar-refractivity contribution in [2.24, 2.45) is 5.41 Å². The van der Waals surface area contributed by atoms with Gasteiger partial charge in [0.15, 0.2) is 5.76 Å². The Labute approximate surface area is 158 Å². The summed E-state index contributed by atoms with van der Waals surface area (Å²) in [6, 6.07) is 11.3. The van der Waals surface area contributed by atoms with E-state index >= 15 is 0 Å². The molecule has 4 rings (SSSR count). The van der Waals surface area contributed by atoms with Gasteiger partial charge in [-0.25, -0.2) is 0 Å². The summed E-state index contributed by atoms with van der Waals surface area (Å²) in [4.78, 5) is 29.4. The van der Waals surface area contributed by atoms with Crippen molar-refractivity contribution in [1.29, 1.82) is 0 Å². The molecule has 1 aromatic heterocycles. The van der Waals surface area contributed by atoms with Crippen LogP contribution in [0.5, 0.6) is 5.75 Å². The molecule has 142 valence electrons. The number of hydrogen-bond donors (Lipinski definition) is 0. The zero-order valence-electron chi connectivity index (χ0n) is 15.7. The number of carbonyl (C=O) groups excluding carboxylic acids is 2. The monoisotopic (exact) mass is 368 g/mol. The van der Waals surface area contributed by atoms with Crippen LogP contribution in [0.3, 0.4) is 0 Å². The summed E-state index contributed by atoms with van der Waals surface area (Å²) in [5.41, 5.74) is 0.604. The predicted molar refractivity (Wildman–Crippen MR) is 99.4 cm³/mol. The van der Waals surface area contributed by atoms with Gasteiger partial charge in [0.25, 0.3) is 5.91 Å². The van der Waals surface area contributed by atoms with Gasteiger partial charge in [-0.1, -0.05) is 12.1 Å². The molecule has 1 spiro atoms. The molecule has 27 heavy (non-hydrogen) atoms. The molecule has 1 aromatic carbocycles. The number of benzene rings is 1. The van der Waals surface area contributed by atoms with Gasteiger partial charge in [-0.05, 0) is 49.6 Å². The SMILES string of the molecule is COc1cccc(CN2CC[C@]3(CCN(C(=O)c4ccc(C)o4)C3)C2=O)c1. The number of hydrogen-bond acceptors (Lipinski definition) is 4. The molecule has 2 aliphatic rings. The van der Waals surface area contributed by atoms with Gasteiger partial charge in [-0.3, -0.25) is 9.59 Å². The largest absolute Gasteiger partial charge is 0.497 e. The van der Waals surface area contributed by atoms with Crippen molar-refractivity contribution in [2.75, 3.05) is 26.7 Å². The van der Waals surface area contributed by atoms with Gasteiger partial charge >= 0.3 is 0 Å². The van der Waals surface area contributed by atoms with Gasteiger partial charge in [0, 0.05) is 26.2 Å². The Kier molecular flexibility index (Phi) is 4.42. The van der Waals surface area contributed by atoms with E-state index in [4.69, 9.17) is 9.15 Å². The van der Waals surface area contributed by atoms with Crippen LogP contribution in [0, 0.1) is 12.3 Å². The summed E-state index contributed by atoms with van der Waals surface area (Å²) >= 11 is 0. The number of rotatable bonds is 4. The molecule has 6 heteroatoms. The Hall–Kier alpha value is -2.76. The average Bonchev–Trinajstić information content (AvgIpc) is 3.38. The van der Waals surface area contributed by atoms with Crippen LogP contribution in [0.1, 0.15) is 34.7 Å². The number of likely N-dealkylation sites (tertiary alicyclic amines) is 2. The van der Waals surface area contributed by atoms with E-state index < -0.39 is 5.41 Å². The van der Waals surface area contributed by atoms with Crippen molar-refractivity contribution in [3.8, 4) is 5.75 Å². The molecule has 1 atom stereocenters. The number of aryl methyl sites for hydroxylation is 1. The average molecular weight is 368 g/mol. The molecule has 2 aromatic rings. The summed E-state index contributed by atoms with van der Waals surface area (Å²) in [5.74, 6) is 1.88. The van der Waals surface area contributed by atoms with E-state index in [0.717, 1.165) is 24.3 Å². The molecule has 0 aliphatic carbocycles. The number of furan rings is 1. The highest BCUT2D eigenvalue weighted by Gasteiger charge is 2.51. The minimum absolute atomic E-state index is 0.126. The van der Waals surface area contributed by atoms with Crippen molar-refractivity contribution >= 4 is 11.8 Å². The fraction of sp³-hybridized carbons (Fsp3) is 0.429. The zero-order valence-corrected chi connectivity index (χ0v) is 15.7. The molecule has 0 unspecified atom stereocenters. The Balaban J connectivity index is 1.44. The second kappa shape index (κ2) is 6.76. The first-order chi connectivity index (χ1) is 13.0. The van der Waals surface area contributed by atoms with Gasteiger partial charge in [0.2, 0.25) is 5.91 Å². The van der Waals surface area contributed by atoms with E-state index in [1.165, 1.54) is 0 Å². The maximum atomic E-state index is 13.1. The summed E-state index contributed by atoms with van der Waals surface area (Å²) < 4.78 is 10.7. The second-order valence-electron chi connectivity index (χ2n) is 7.50. The van der Waals surface area contributed by atoms with Crippen LogP contribution >= 0.6 is 0 Å². The van der Waals surface area contributed by atoms with Gasteiger partial charge < -0.3 is 19.0 Å². The van der Waals surface area contributed by atoms with E-state index in [2.05, 4.69) is 0 Å². The Morgan fingerprint density at radius 1 is 1.22 bits per heavy atom. The molecule has 6 nitrogen and oxygen atoms in total. The van der Waals surface area contributed by atoms with Crippen LogP contribution in [0.4, 0.5) is 0 Å². The smallest absolute Gasteiger partial charge is 0.289 e. The van der Waals surface area contributed by atoms with Gasteiger partial charge in [0.1, 0.15) is 11.5 Å². The van der Waals surface area contributed by atoms with Crippen LogP contribution in [-0.4, -0.2) is 48.4 Å². The number of methoxy groups -OCH3 is 1. The predicted octanol–water partition coefficient (Wildman–Crippen LogP) is 2.86. The fourth-order valence-electron chi connectivity index (χ4n) is 4.16. The third-order valence-electron chi connectivity index (χ3n) is 5.70. The normalized spacial score (nSPS) is 22.1. The number of nitrogens with zero attached hydrogens (tertiary/aromatic N) is 2. The minimum atomic E-state index is -0.448. The molecule has 2 saturated heterocycles. The summed E-state index contributed by atoms with van der Waals surface area (Å²) in [7, 11) is 1.64. The van der Waals surface area contributed by atoms with Crippen molar-refractivity contribution in [3.63, 3.8) is 0 Å². The van der Waals surface area contributed by atoms with Gasteiger partial charge in [-0.15, -0.1) is 0 Å². The topological polar surface area (TPSA) is 63.0 Å². The lowest BCUT2D eigenvalue weighted by Crippen LogP contribution is -2.38. The molecule has 0 saturated carbocycles. The molecule has 2 amide bonds. The van der Waals surface area contributed by atoms with E-state index in [9.17, 15) is 9.59 Å². The van der Waals surface area contributed by atoms with Crippen LogP contribution in [-0.2, 0) is 11.3 Å². The Morgan fingerprint density at radius 2 is 2.04 bits per heavy atom. The molecule has 0 N–H and O–H groups in total. The maximum absolute atomic E-state index is 13.1. The van der Waals surface area contributed by atoms with Gasteiger partial charge in [-0.2, -0.15) is 0 Å². The van der Waals surface area contributed by atoms with E-state index in [1.54, 1.807) is 24.1 Å². The van der Waals surface area contributed by atoms with Crippen LogP contribution in [0.25, 0.3) is 0 Å². The van der Waals surface area contributed by atoms with Crippen LogP contribution < -0.4 is 4.74 Å². The second-order valence-corrected chi connectivity index (χ2v) is 7.50. The van der Waals surface area contributed by atoms with Crippen molar-refractivity contribution < 1.29 is 18.7 Å². The number of amides is 2. The first-order valence-electron chi connectivity index (χ1n) is 9.29. The Morgan fingerprint density at radius 3 is 2.78 bits per heavy atom. The third kappa shape index (κ3) is 3.20. The Bertz CT molecular complexity index is 875. The highest BCUT2D eigenvalue weighted by atomic mass is 16.5. The van der Waals surface area contributed by atoms with Crippen LogP contribution in [0.15, 0.2) is 40.8 Å². The fourth-order valence-corrected chi connectivity index (χ4v) is 4.16. The minimum Gasteiger partial charge on any atom is -0.497 e. The molecular formula is C21H24N2O4. The van der Waals surface area contributed by atoms with Crippen molar-refractivity contribution in [3.05, 3.63) is 53.5 Å². The molecular weight excluding hydrogens is 344 g/mol. The van der Waals surface area contributed by atoms with Crippen LogP contribution in [0.2, 0.25) is 0 Å². The lowest BCUT2D eigenvalue weighted by Gasteiger charge is -2.23. The molecule has 3 heterocycles. The van der Waals surface area contributed by atoms with E-state index in [1.807, 2.05) is 36.1 Å². The molecule has 0 bridgehead atoms. The lowest BCUT2D eigenvalue weighted by atomic mass is 9.85. The summed E-state index contributed by atoms with van der Waals surface area (Å²) in [6.45, 7) is 4.18. The van der Waals surface area contributed by atoms with Crippen molar-refractivity contribution in [2.45, 2.75) is 26.3 Å². The number of carbonyl (C=O) groups is 2. The first-order valence-corrected chi connectivity index (χ1v) is 9.29. The quantitative estimate of drug-likeness (QED) is 0.833. The van der Waals surface area contributed by atoms with E-state index in [-0.39, 0.29) is 11.8 Å². The number of ether oxygens (including phenoxy) is 1. The zero-order chi connectivity index (χ0) is 19.0. The summed E-state index contributed by atoms with van der Waals surface area (Å²) in [5, 5.41) is 0. The van der Waals surface area contributed by atoms with E-state index in [0.29, 0.717) is 37.6 Å².